The maximum atomic E-state index is 12.4. The van der Waals surface area contributed by atoms with Crippen LogP contribution in [0.3, 0.4) is 0 Å². The lowest BCUT2D eigenvalue weighted by Gasteiger charge is -2.22. The maximum Gasteiger partial charge on any atom is 0.246 e. The van der Waals surface area contributed by atoms with Crippen molar-refractivity contribution in [1.82, 2.24) is 9.88 Å². The lowest BCUT2D eigenvalue weighted by atomic mass is 9.96. The predicted octanol–water partition coefficient (Wildman–Crippen LogP) is 1.76. The smallest absolute Gasteiger partial charge is 0.246 e. The van der Waals surface area contributed by atoms with E-state index in [1.807, 2.05) is 0 Å². The quantitative estimate of drug-likeness (QED) is 0.908. The molecule has 0 aliphatic heterocycles. The van der Waals surface area contributed by atoms with Crippen LogP contribution in [0, 0.1) is 25.7 Å². The van der Waals surface area contributed by atoms with Gasteiger partial charge in [-0.25, -0.2) is 13.1 Å². The summed E-state index contributed by atoms with van der Waals surface area (Å²) in [6, 6.07) is 0.0995. The zero-order valence-electron chi connectivity index (χ0n) is 10.6. The van der Waals surface area contributed by atoms with E-state index in [1.54, 1.807) is 13.8 Å². The first-order valence-corrected chi connectivity index (χ1v) is 7.91. The third kappa shape index (κ3) is 1.87. The van der Waals surface area contributed by atoms with E-state index in [2.05, 4.69) is 9.88 Å². The van der Waals surface area contributed by atoms with Crippen molar-refractivity contribution in [3.63, 3.8) is 0 Å². The number of fused-ring (bicyclic) bond motifs is 2. The molecule has 5 nitrogen and oxygen atoms in total. The normalized spacial score (nSPS) is 31.1. The molecule has 1 aromatic rings. The SMILES string of the molecule is Cc1noc(C)c1S(=O)(=O)N[C@@H]1C[C@@H]2CC[C@@H]1C2. The molecule has 0 unspecified atom stereocenters. The third-order valence-electron chi connectivity index (χ3n) is 4.28. The van der Waals surface area contributed by atoms with Gasteiger partial charge in [0.05, 0.1) is 0 Å². The van der Waals surface area contributed by atoms with Crippen LogP contribution in [-0.2, 0) is 10.0 Å². The Bertz CT molecular complexity index is 544. The van der Waals surface area contributed by atoms with Crippen molar-refractivity contribution in [2.24, 2.45) is 11.8 Å². The number of hydrogen-bond donors (Lipinski definition) is 1. The van der Waals surface area contributed by atoms with Crippen molar-refractivity contribution in [2.75, 3.05) is 0 Å². The summed E-state index contributed by atoms with van der Waals surface area (Å²) < 4.78 is 32.5. The second-order valence-electron chi connectivity index (χ2n) is 5.56. The van der Waals surface area contributed by atoms with Crippen LogP contribution >= 0.6 is 0 Å². The maximum absolute atomic E-state index is 12.4. The molecule has 2 aliphatic carbocycles. The van der Waals surface area contributed by atoms with Gasteiger partial charge in [-0.2, -0.15) is 0 Å². The number of nitrogens with one attached hydrogen (secondary N) is 1. The highest BCUT2D eigenvalue weighted by molar-refractivity contribution is 7.89. The highest BCUT2D eigenvalue weighted by Crippen LogP contribution is 2.44. The van der Waals surface area contributed by atoms with E-state index < -0.39 is 10.0 Å². The van der Waals surface area contributed by atoms with Crippen molar-refractivity contribution in [1.29, 1.82) is 0 Å². The van der Waals surface area contributed by atoms with Crippen LogP contribution in [0.25, 0.3) is 0 Å². The zero-order valence-corrected chi connectivity index (χ0v) is 11.5. The molecular formula is C12H18N2O3S. The number of rotatable bonds is 3. The van der Waals surface area contributed by atoms with Crippen molar-refractivity contribution in [2.45, 2.75) is 50.5 Å². The minimum atomic E-state index is -3.49. The monoisotopic (exact) mass is 270 g/mol. The standard InChI is InChI=1S/C12H18N2O3S/c1-7-12(8(2)17-13-7)18(15,16)14-11-6-9-3-4-10(11)5-9/h9-11,14H,3-6H2,1-2H3/t9-,10-,11-/m1/s1. The Hall–Kier alpha value is -0.880. The Balaban J connectivity index is 1.84. The first-order chi connectivity index (χ1) is 8.47. The Morgan fingerprint density at radius 3 is 2.56 bits per heavy atom. The molecule has 100 valence electrons. The van der Waals surface area contributed by atoms with Gasteiger partial charge >= 0.3 is 0 Å². The Labute approximate surface area is 107 Å². The Morgan fingerprint density at radius 1 is 1.28 bits per heavy atom. The highest BCUT2D eigenvalue weighted by Gasteiger charge is 2.42. The van der Waals surface area contributed by atoms with E-state index in [9.17, 15) is 8.42 Å². The van der Waals surface area contributed by atoms with Crippen molar-refractivity contribution in [3.05, 3.63) is 11.5 Å². The fourth-order valence-corrected chi connectivity index (χ4v) is 5.15. The second-order valence-corrected chi connectivity index (χ2v) is 7.21. The van der Waals surface area contributed by atoms with Crippen LogP contribution in [0.5, 0.6) is 0 Å². The molecule has 3 atom stereocenters. The van der Waals surface area contributed by atoms with Gasteiger partial charge in [0.1, 0.15) is 10.6 Å². The summed E-state index contributed by atoms with van der Waals surface area (Å²) in [6.07, 6.45) is 4.57. The van der Waals surface area contributed by atoms with Crippen LogP contribution in [0.1, 0.15) is 37.1 Å². The second kappa shape index (κ2) is 4.06. The van der Waals surface area contributed by atoms with Crippen LogP contribution < -0.4 is 4.72 Å². The molecule has 2 fully saturated rings. The van der Waals surface area contributed by atoms with Gasteiger partial charge in [0.2, 0.25) is 10.0 Å². The number of hydrogen-bond acceptors (Lipinski definition) is 4. The summed E-state index contributed by atoms with van der Waals surface area (Å²) in [6.45, 7) is 3.29. The van der Waals surface area contributed by atoms with Crippen molar-refractivity contribution < 1.29 is 12.9 Å². The van der Waals surface area contributed by atoms with E-state index in [4.69, 9.17) is 4.52 Å². The third-order valence-corrected chi connectivity index (χ3v) is 6.01. The summed E-state index contributed by atoms with van der Waals surface area (Å²) >= 11 is 0. The van der Waals surface area contributed by atoms with Gasteiger partial charge in [0.25, 0.3) is 0 Å². The molecule has 0 aromatic carbocycles. The Morgan fingerprint density at radius 2 is 2.06 bits per heavy atom. The van der Waals surface area contributed by atoms with Gasteiger partial charge in [-0.15, -0.1) is 0 Å². The summed E-state index contributed by atoms with van der Waals surface area (Å²) in [4.78, 5) is 0.213. The Kier molecular flexibility index (Phi) is 2.75. The van der Waals surface area contributed by atoms with Gasteiger partial charge in [0, 0.05) is 6.04 Å². The van der Waals surface area contributed by atoms with E-state index in [-0.39, 0.29) is 10.9 Å². The van der Waals surface area contributed by atoms with E-state index >= 15 is 0 Å². The molecular weight excluding hydrogens is 252 g/mol. The minimum absolute atomic E-state index is 0.0995. The topological polar surface area (TPSA) is 72.2 Å². The number of aromatic nitrogens is 1. The summed E-state index contributed by atoms with van der Waals surface area (Å²) in [7, 11) is -3.49. The summed E-state index contributed by atoms with van der Waals surface area (Å²) in [5.41, 5.74) is 0.433. The van der Waals surface area contributed by atoms with Crippen molar-refractivity contribution in [3.8, 4) is 0 Å². The fraction of sp³-hybridized carbons (Fsp3) is 0.750. The van der Waals surface area contributed by atoms with Gasteiger partial charge in [-0.05, 0) is 44.9 Å². The number of aryl methyl sites for hydroxylation is 2. The lowest BCUT2D eigenvalue weighted by molar-refractivity contribution is 0.386. The molecule has 18 heavy (non-hydrogen) atoms. The van der Waals surface area contributed by atoms with Crippen LogP contribution in [-0.4, -0.2) is 19.6 Å². The van der Waals surface area contributed by atoms with E-state index in [0.717, 1.165) is 12.8 Å². The average Bonchev–Trinajstić information content (AvgIpc) is 2.93. The molecule has 3 rings (SSSR count). The molecule has 1 heterocycles. The van der Waals surface area contributed by atoms with E-state index in [0.29, 0.717) is 23.3 Å². The van der Waals surface area contributed by atoms with Crippen LogP contribution in [0.2, 0.25) is 0 Å². The molecule has 0 radical (unpaired) electrons. The first-order valence-electron chi connectivity index (χ1n) is 6.42. The molecule has 0 spiro atoms. The largest absolute Gasteiger partial charge is 0.360 e. The summed E-state index contributed by atoms with van der Waals surface area (Å²) in [5, 5.41) is 3.71. The average molecular weight is 270 g/mol. The molecule has 1 N–H and O–H groups in total. The van der Waals surface area contributed by atoms with Gasteiger partial charge < -0.3 is 4.52 Å². The number of nitrogens with zero attached hydrogens (tertiary/aromatic N) is 1. The number of sulfonamides is 1. The molecule has 2 aliphatic rings. The zero-order chi connectivity index (χ0) is 12.9. The molecule has 0 saturated heterocycles. The molecule has 2 saturated carbocycles. The molecule has 1 aromatic heterocycles. The van der Waals surface area contributed by atoms with Gasteiger partial charge in [-0.3, -0.25) is 0 Å². The van der Waals surface area contributed by atoms with Gasteiger partial charge in [-0.1, -0.05) is 11.6 Å². The fourth-order valence-electron chi connectivity index (χ4n) is 3.51. The highest BCUT2D eigenvalue weighted by atomic mass is 32.2. The minimum Gasteiger partial charge on any atom is -0.360 e. The predicted molar refractivity (Wildman–Crippen MR) is 65.5 cm³/mol. The molecule has 2 bridgehead atoms. The molecule has 0 amide bonds. The lowest BCUT2D eigenvalue weighted by Crippen LogP contribution is -2.38. The van der Waals surface area contributed by atoms with Crippen molar-refractivity contribution >= 4 is 10.0 Å². The van der Waals surface area contributed by atoms with Crippen LogP contribution in [0.15, 0.2) is 9.42 Å². The molecule has 6 heteroatoms. The van der Waals surface area contributed by atoms with Gasteiger partial charge in [0.15, 0.2) is 5.76 Å². The summed E-state index contributed by atoms with van der Waals surface area (Å²) in [5.74, 6) is 1.60. The van der Waals surface area contributed by atoms with Crippen LogP contribution in [0.4, 0.5) is 0 Å². The first kappa shape index (κ1) is 12.2. The van der Waals surface area contributed by atoms with E-state index in [1.165, 1.54) is 12.8 Å².